The van der Waals surface area contributed by atoms with Crippen molar-refractivity contribution >= 4 is 5.69 Å². The van der Waals surface area contributed by atoms with Crippen LogP contribution in [-0.2, 0) is 6.54 Å². The lowest BCUT2D eigenvalue weighted by atomic mass is 10.3. The third-order valence-electron chi connectivity index (χ3n) is 3.15. The summed E-state index contributed by atoms with van der Waals surface area (Å²) in [6.07, 6.45) is 8.27. The van der Waals surface area contributed by atoms with Crippen LogP contribution < -0.4 is 5.32 Å². The van der Waals surface area contributed by atoms with E-state index in [-0.39, 0.29) is 0 Å². The molecule has 2 aromatic rings. The van der Waals surface area contributed by atoms with Gasteiger partial charge in [-0.05, 0) is 31.9 Å². The molecular weight excluding hydrogens is 212 g/mol. The van der Waals surface area contributed by atoms with Gasteiger partial charge in [-0.2, -0.15) is 0 Å². The van der Waals surface area contributed by atoms with Gasteiger partial charge in [0.25, 0.3) is 0 Å². The number of nitrogens with one attached hydrogen (secondary N) is 1. The summed E-state index contributed by atoms with van der Waals surface area (Å²) >= 11 is 0. The number of hydrogen-bond donors (Lipinski definition) is 1. The molecule has 2 heterocycles. The Bertz CT molecular complexity index is 514. The summed E-state index contributed by atoms with van der Waals surface area (Å²) in [5, 5.41) is 3.42. The van der Waals surface area contributed by atoms with E-state index in [2.05, 4.69) is 25.9 Å². The van der Waals surface area contributed by atoms with Crippen LogP contribution in [0.15, 0.2) is 30.9 Å². The Labute approximate surface area is 101 Å². The van der Waals surface area contributed by atoms with E-state index in [4.69, 9.17) is 0 Å². The Morgan fingerprint density at radius 2 is 2.35 bits per heavy atom. The van der Waals surface area contributed by atoms with Crippen LogP contribution in [0.4, 0.5) is 5.69 Å². The summed E-state index contributed by atoms with van der Waals surface area (Å²) < 4.78 is 2.28. The quantitative estimate of drug-likeness (QED) is 0.874. The Balaban J connectivity index is 1.71. The molecule has 0 bridgehead atoms. The molecule has 1 aliphatic rings. The number of aryl methyl sites for hydroxylation is 1. The van der Waals surface area contributed by atoms with Crippen LogP contribution in [0.5, 0.6) is 0 Å². The van der Waals surface area contributed by atoms with Gasteiger partial charge < -0.3 is 9.88 Å². The number of aromatic nitrogens is 3. The van der Waals surface area contributed by atoms with Crippen molar-refractivity contribution in [1.29, 1.82) is 0 Å². The first-order valence-corrected chi connectivity index (χ1v) is 6.01. The van der Waals surface area contributed by atoms with E-state index in [0.29, 0.717) is 6.04 Å². The fourth-order valence-corrected chi connectivity index (χ4v) is 2.01. The number of nitrogens with zero attached hydrogens (tertiary/aromatic N) is 3. The Morgan fingerprint density at radius 1 is 1.47 bits per heavy atom. The van der Waals surface area contributed by atoms with Crippen molar-refractivity contribution in [3.05, 3.63) is 42.2 Å². The second kappa shape index (κ2) is 4.20. The van der Waals surface area contributed by atoms with Crippen molar-refractivity contribution in [2.24, 2.45) is 0 Å². The molecule has 4 heteroatoms. The molecule has 0 saturated heterocycles. The first-order valence-electron chi connectivity index (χ1n) is 6.01. The molecule has 1 saturated carbocycles. The fourth-order valence-electron chi connectivity index (χ4n) is 2.01. The van der Waals surface area contributed by atoms with E-state index in [0.717, 1.165) is 17.9 Å². The Kier molecular flexibility index (Phi) is 2.55. The maximum absolute atomic E-state index is 4.26. The van der Waals surface area contributed by atoms with Crippen molar-refractivity contribution in [1.82, 2.24) is 14.5 Å². The average molecular weight is 228 g/mol. The number of pyridine rings is 1. The lowest BCUT2D eigenvalue weighted by Crippen LogP contribution is -2.07. The third-order valence-corrected chi connectivity index (χ3v) is 3.15. The standard InChI is InChI=1S/C13H16N4/c1-10-13(3-2-6-15-10)16-8-12-7-14-9-17(12)11-4-5-11/h2-3,6-7,9,11,16H,4-5,8H2,1H3. The highest BCUT2D eigenvalue weighted by Crippen LogP contribution is 2.35. The van der Waals surface area contributed by atoms with Gasteiger partial charge in [-0.25, -0.2) is 4.98 Å². The second-order valence-electron chi connectivity index (χ2n) is 4.51. The molecule has 0 radical (unpaired) electrons. The Hall–Kier alpha value is -1.84. The van der Waals surface area contributed by atoms with Crippen LogP contribution >= 0.6 is 0 Å². The molecule has 2 aromatic heterocycles. The lowest BCUT2D eigenvalue weighted by Gasteiger charge is -2.10. The molecule has 1 aliphatic carbocycles. The zero-order chi connectivity index (χ0) is 11.7. The Morgan fingerprint density at radius 3 is 3.12 bits per heavy atom. The van der Waals surface area contributed by atoms with Gasteiger partial charge >= 0.3 is 0 Å². The molecule has 17 heavy (non-hydrogen) atoms. The highest BCUT2D eigenvalue weighted by Gasteiger charge is 2.24. The van der Waals surface area contributed by atoms with Crippen molar-refractivity contribution in [3.8, 4) is 0 Å². The van der Waals surface area contributed by atoms with Crippen LogP contribution in [0, 0.1) is 6.92 Å². The maximum Gasteiger partial charge on any atom is 0.0951 e. The second-order valence-corrected chi connectivity index (χ2v) is 4.51. The predicted octanol–water partition coefficient (Wildman–Crippen LogP) is 2.53. The van der Waals surface area contributed by atoms with Crippen LogP contribution in [0.2, 0.25) is 0 Å². The van der Waals surface area contributed by atoms with Gasteiger partial charge in [-0.15, -0.1) is 0 Å². The smallest absolute Gasteiger partial charge is 0.0951 e. The SMILES string of the molecule is Cc1ncccc1NCc1cncn1C1CC1. The molecule has 3 rings (SSSR count). The molecule has 4 nitrogen and oxygen atoms in total. The zero-order valence-corrected chi connectivity index (χ0v) is 9.93. The predicted molar refractivity (Wildman–Crippen MR) is 66.8 cm³/mol. The number of imidazole rings is 1. The molecule has 0 atom stereocenters. The summed E-state index contributed by atoms with van der Waals surface area (Å²) in [4.78, 5) is 8.49. The number of hydrogen-bond acceptors (Lipinski definition) is 3. The molecule has 0 aromatic carbocycles. The zero-order valence-electron chi connectivity index (χ0n) is 9.93. The minimum Gasteiger partial charge on any atom is -0.378 e. The van der Waals surface area contributed by atoms with Gasteiger partial charge in [0.1, 0.15) is 0 Å². The topological polar surface area (TPSA) is 42.7 Å². The van der Waals surface area contributed by atoms with Crippen LogP contribution in [0.3, 0.4) is 0 Å². The van der Waals surface area contributed by atoms with Crippen LogP contribution in [-0.4, -0.2) is 14.5 Å². The van der Waals surface area contributed by atoms with Gasteiger partial charge in [0.05, 0.1) is 29.9 Å². The highest BCUT2D eigenvalue weighted by molar-refractivity contribution is 5.46. The monoisotopic (exact) mass is 228 g/mol. The average Bonchev–Trinajstić information content (AvgIpc) is 3.08. The van der Waals surface area contributed by atoms with Crippen molar-refractivity contribution in [2.75, 3.05) is 5.32 Å². The normalized spacial score (nSPS) is 14.9. The molecule has 88 valence electrons. The third kappa shape index (κ3) is 2.16. The van der Waals surface area contributed by atoms with E-state index >= 15 is 0 Å². The van der Waals surface area contributed by atoms with E-state index in [1.54, 1.807) is 0 Å². The summed E-state index contributed by atoms with van der Waals surface area (Å²) in [5.41, 5.74) is 3.37. The summed E-state index contributed by atoms with van der Waals surface area (Å²) in [6, 6.07) is 4.69. The molecule has 0 aliphatic heterocycles. The van der Waals surface area contributed by atoms with Gasteiger partial charge in [-0.1, -0.05) is 0 Å². The van der Waals surface area contributed by atoms with Crippen molar-refractivity contribution < 1.29 is 0 Å². The van der Waals surface area contributed by atoms with Gasteiger partial charge in [-0.3, -0.25) is 4.98 Å². The van der Waals surface area contributed by atoms with Crippen LogP contribution in [0.25, 0.3) is 0 Å². The number of anilines is 1. The van der Waals surface area contributed by atoms with Gasteiger partial charge in [0, 0.05) is 18.4 Å². The molecule has 1 N–H and O–H groups in total. The summed E-state index contributed by atoms with van der Waals surface area (Å²) in [6.45, 7) is 2.82. The number of rotatable bonds is 4. The largest absolute Gasteiger partial charge is 0.378 e. The van der Waals surface area contributed by atoms with Crippen LogP contribution in [0.1, 0.15) is 30.3 Å². The van der Waals surface area contributed by atoms with Gasteiger partial charge in [0.15, 0.2) is 0 Å². The molecular formula is C13H16N4. The summed E-state index contributed by atoms with van der Waals surface area (Å²) in [7, 11) is 0. The first kappa shape index (κ1) is 10.3. The maximum atomic E-state index is 4.26. The summed E-state index contributed by atoms with van der Waals surface area (Å²) in [5.74, 6) is 0. The highest BCUT2D eigenvalue weighted by atomic mass is 15.1. The van der Waals surface area contributed by atoms with Crippen molar-refractivity contribution in [3.63, 3.8) is 0 Å². The van der Waals surface area contributed by atoms with E-state index in [1.165, 1.54) is 18.5 Å². The minimum atomic E-state index is 0.685. The molecule has 0 unspecified atom stereocenters. The minimum absolute atomic E-state index is 0.685. The molecule has 1 fully saturated rings. The van der Waals surface area contributed by atoms with E-state index < -0.39 is 0 Å². The van der Waals surface area contributed by atoms with Crippen molar-refractivity contribution in [2.45, 2.75) is 32.4 Å². The first-order chi connectivity index (χ1) is 8.34. The van der Waals surface area contributed by atoms with Gasteiger partial charge in [0.2, 0.25) is 0 Å². The fraction of sp³-hybridized carbons (Fsp3) is 0.385. The lowest BCUT2D eigenvalue weighted by molar-refractivity contribution is 0.701. The van der Waals surface area contributed by atoms with E-state index in [9.17, 15) is 0 Å². The molecule has 0 amide bonds. The van der Waals surface area contributed by atoms with E-state index in [1.807, 2.05) is 31.7 Å². The molecule has 0 spiro atoms.